The number of nitrogens with two attached hydrogens (primary N) is 1. The average molecular weight is 278 g/mol. The molecule has 0 spiro atoms. The molecule has 0 fully saturated rings. The first-order chi connectivity index (χ1) is 7.86. The fraction of sp³-hybridized carbons (Fsp3) is 0.500. The molecule has 96 valence electrons. The zero-order chi connectivity index (χ0) is 13.1. The van der Waals surface area contributed by atoms with Crippen LogP contribution in [-0.2, 0) is 10.0 Å². The van der Waals surface area contributed by atoms with Gasteiger partial charge in [-0.3, -0.25) is 0 Å². The van der Waals surface area contributed by atoms with Crippen LogP contribution >= 0.6 is 11.3 Å². The molecular weight excluding hydrogens is 264 g/mol. The first kappa shape index (κ1) is 13.9. The van der Waals surface area contributed by atoms with Gasteiger partial charge in [0, 0.05) is 12.5 Å². The molecular formula is C8H14N4O3S2. The number of hydrogen-bond donors (Lipinski definition) is 3. The monoisotopic (exact) mass is 278 g/mol. The molecule has 1 heterocycles. The van der Waals surface area contributed by atoms with E-state index >= 15 is 0 Å². The van der Waals surface area contributed by atoms with Crippen LogP contribution in [0.15, 0.2) is 15.6 Å². The van der Waals surface area contributed by atoms with E-state index in [0.717, 1.165) is 11.3 Å². The molecule has 0 aliphatic carbocycles. The number of nitrogens with zero attached hydrogens (tertiary/aromatic N) is 2. The second-order valence-electron chi connectivity index (χ2n) is 3.48. The number of hydrogen-bond acceptors (Lipinski definition) is 6. The lowest BCUT2D eigenvalue weighted by Gasteiger charge is -2.10. The Hall–Kier alpha value is -1.19. The van der Waals surface area contributed by atoms with Crippen LogP contribution in [0.1, 0.15) is 11.9 Å². The summed E-state index contributed by atoms with van der Waals surface area (Å²) in [4.78, 5) is 3.87. The summed E-state index contributed by atoms with van der Waals surface area (Å²) < 4.78 is 26.1. The fourth-order valence-electron chi connectivity index (χ4n) is 0.975. The van der Waals surface area contributed by atoms with Crippen LogP contribution in [0.4, 0.5) is 0 Å². The van der Waals surface area contributed by atoms with Crippen LogP contribution < -0.4 is 10.5 Å². The van der Waals surface area contributed by atoms with Gasteiger partial charge in [0.1, 0.15) is 5.84 Å². The lowest BCUT2D eigenvalue weighted by atomic mass is 10.2. The molecule has 0 saturated heterocycles. The molecule has 9 heteroatoms. The van der Waals surface area contributed by atoms with E-state index in [1.807, 2.05) is 0 Å². The second-order valence-corrected chi connectivity index (χ2v) is 6.70. The third-order valence-electron chi connectivity index (χ3n) is 2.06. The smallest absolute Gasteiger partial charge is 0.251 e. The Bertz CT molecular complexity index is 509. The van der Waals surface area contributed by atoms with Crippen molar-refractivity contribution in [2.45, 2.75) is 18.1 Å². The molecule has 0 amide bonds. The zero-order valence-corrected chi connectivity index (χ0v) is 11.0. The van der Waals surface area contributed by atoms with E-state index in [1.54, 1.807) is 13.8 Å². The number of rotatable bonds is 5. The van der Waals surface area contributed by atoms with Crippen LogP contribution in [0.25, 0.3) is 0 Å². The molecule has 0 saturated carbocycles. The van der Waals surface area contributed by atoms with Gasteiger partial charge in [0.2, 0.25) is 0 Å². The summed E-state index contributed by atoms with van der Waals surface area (Å²) in [7, 11) is -3.56. The Kier molecular flexibility index (Phi) is 4.43. The Labute approximate surface area is 103 Å². The van der Waals surface area contributed by atoms with Gasteiger partial charge in [0.15, 0.2) is 4.21 Å². The van der Waals surface area contributed by atoms with Gasteiger partial charge in [0.25, 0.3) is 10.0 Å². The van der Waals surface area contributed by atoms with E-state index in [0.29, 0.717) is 5.01 Å². The first-order valence-electron chi connectivity index (χ1n) is 4.76. The number of amidine groups is 1. The summed E-state index contributed by atoms with van der Waals surface area (Å²) in [6.45, 7) is 3.44. The summed E-state index contributed by atoms with van der Waals surface area (Å²) in [5, 5.41) is 11.9. The standard InChI is InChI=1S/C8H14N4O3S2/c1-5(8(9)12-13)3-11-17(14,15)7-4-10-6(2)16-7/h4-5,11,13H,3H2,1-2H3,(H2,9,12). The van der Waals surface area contributed by atoms with E-state index < -0.39 is 10.0 Å². The number of sulfonamides is 1. The van der Waals surface area contributed by atoms with E-state index in [2.05, 4.69) is 14.9 Å². The molecule has 17 heavy (non-hydrogen) atoms. The molecule has 0 aromatic carbocycles. The van der Waals surface area contributed by atoms with Crippen molar-refractivity contribution in [3.63, 3.8) is 0 Å². The number of thiazole rings is 1. The van der Waals surface area contributed by atoms with Crippen molar-refractivity contribution in [1.29, 1.82) is 0 Å². The molecule has 1 unspecified atom stereocenters. The minimum absolute atomic E-state index is 0.0202. The molecule has 0 bridgehead atoms. The van der Waals surface area contributed by atoms with Gasteiger partial charge in [-0.1, -0.05) is 12.1 Å². The van der Waals surface area contributed by atoms with Gasteiger partial charge in [-0.2, -0.15) is 0 Å². The van der Waals surface area contributed by atoms with Gasteiger partial charge in [0.05, 0.1) is 11.2 Å². The van der Waals surface area contributed by atoms with Crippen molar-refractivity contribution >= 4 is 27.2 Å². The highest BCUT2D eigenvalue weighted by atomic mass is 32.2. The van der Waals surface area contributed by atoms with Crippen LogP contribution in [0.2, 0.25) is 0 Å². The minimum Gasteiger partial charge on any atom is -0.409 e. The van der Waals surface area contributed by atoms with Crippen molar-refractivity contribution in [3.8, 4) is 0 Å². The van der Waals surface area contributed by atoms with Crippen molar-refractivity contribution in [1.82, 2.24) is 9.71 Å². The summed E-state index contributed by atoms with van der Waals surface area (Å²) in [5.74, 6) is -0.406. The first-order valence-corrected chi connectivity index (χ1v) is 7.06. The summed E-state index contributed by atoms with van der Waals surface area (Å²) in [6, 6.07) is 0. The van der Waals surface area contributed by atoms with Gasteiger partial charge in [-0.15, -0.1) is 11.3 Å². The van der Waals surface area contributed by atoms with E-state index in [4.69, 9.17) is 10.9 Å². The van der Waals surface area contributed by atoms with E-state index in [9.17, 15) is 8.42 Å². The van der Waals surface area contributed by atoms with E-state index in [-0.39, 0.29) is 22.5 Å². The van der Waals surface area contributed by atoms with Crippen LogP contribution in [-0.4, -0.2) is 31.0 Å². The van der Waals surface area contributed by atoms with Gasteiger partial charge < -0.3 is 10.9 Å². The predicted molar refractivity (Wildman–Crippen MR) is 64.6 cm³/mol. The summed E-state index contributed by atoms with van der Waals surface area (Å²) in [6.07, 6.45) is 1.30. The molecule has 1 atom stereocenters. The van der Waals surface area contributed by atoms with Gasteiger partial charge in [-0.25, -0.2) is 18.1 Å². The highest BCUT2D eigenvalue weighted by Crippen LogP contribution is 2.17. The topological polar surface area (TPSA) is 118 Å². The number of aryl methyl sites for hydroxylation is 1. The maximum absolute atomic E-state index is 11.8. The molecule has 7 nitrogen and oxygen atoms in total. The molecule has 0 radical (unpaired) electrons. The Morgan fingerprint density at radius 1 is 1.76 bits per heavy atom. The molecule has 1 rings (SSSR count). The average Bonchev–Trinajstić information content (AvgIpc) is 2.72. The lowest BCUT2D eigenvalue weighted by molar-refractivity contribution is 0.314. The number of nitrogens with one attached hydrogen (secondary N) is 1. The lowest BCUT2D eigenvalue weighted by Crippen LogP contribution is -2.34. The van der Waals surface area contributed by atoms with Crippen molar-refractivity contribution in [2.75, 3.05) is 6.54 Å². The molecule has 0 aliphatic heterocycles. The van der Waals surface area contributed by atoms with Gasteiger partial charge >= 0.3 is 0 Å². The summed E-state index contributed by atoms with van der Waals surface area (Å²) in [5.41, 5.74) is 5.34. The molecule has 0 aliphatic rings. The molecule has 1 aromatic heterocycles. The number of oxime groups is 1. The Morgan fingerprint density at radius 3 is 2.88 bits per heavy atom. The normalized spacial score (nSPS) is 14.8. The fourth-order valence-corrected chi connectivity index (χ4v) is 3.26. The second kappa shape index (κ2) is 5.43. The van der Waals surface area contributed by atoms with E-state index in [1.165, 1.54) is 6.20 Å². The van der Waals surface area contributed by atoms with Crippen molar-refractivity contribution < 1.29 is 13.6 Å². The Morgan fingerprint density at radius 2 is 2.41 bits per heavy atom. The zero-order valence-electron chi connectivity index (χ0n) is 9.41. The van der Waals surface area contributed by atoms with Crippen LogP contribution in [0.3, 0.4) is 0 Å². The third-order valence-corrected chi connectivity index (χ3v) is 4.86. The maximum Gasteiger partial charge on any atom is 0.251 e. The van der Waals surface area contributed by atoms with Crippen molar-refractivity contribution in [2.24, 2.45) is 16.8 Å². The predicted octanol–water partition coefficient (Wildman–Crippen LogP) is 0.112. The quantitative estimate of drug-likeness (QED) is 0.306. The SMILES string of the molecule is Cc1ncc(S(=O)(=O)NCC(C)C(N)=NO)s1. The minimum atomic E-state index is -3.56. The highest BCUT2D eigenvalue weighted by molar-refractivity contribution is 7.91. The van der Waals surface area contributed by atoms with Crippen molar-refractivity contribution in [3.05, 3.63) is 11.2 Å². The third kappa shape index (κ3) is 3.65. The maximum atomic E-state index is 11.8. The van der Waals surface area contributed by atoms with Gasteiger partial charge in [-0.05, 0) is 6.92 Å². The van der Waals surface area contributed by atoms with Crippen LogP contribution in [0, 0.1) is 12.8 Å². The number of aromatic nitrogens is 1. The Balaban J connectivity index is 2.69. The molecule has 1 aromatic rings. The largest absolute Gasteiger partial charge is 0.409 e. The molecule has 4 N–H and O–H groups in total. The highest BCUT2D eigenvalue weighted by Gasteiger charge is 2.18. The summed E-state index contributed by atoms with van der Waals surface area (Å²) >= 11 is 1.09. The van der Waals surface area contributed by atoms with Crippen LogP contribution in [0.5, 0.6) is 0 Å².